The van der Waals surface area contributed by atoms with Crippen molar-refractivity contribution in [3.05, 3.63) is 87.5 Å². The van der Waals surface area contributed by atoms with Gasteiger partial charge in [-0.3, -0.25) is 0 Å². The summed E-state index contributed by atoms with van der Waals surface area (Å²) in [4.78, 5) is 0. The van der Waals surface area contributed by atoms with E-state index in [9.17, 15) is 0 Å². The predicted octanol–water partition coefficient (Wildman–Crippen LogP) is 5.88. The van der Waals surface area contributed by atoms with Crippen LogP contribution in [-0.4, -0.2) is 0 Å². The molecule has 0 aromatic carbocycles. The molecule has 3 saturated carbocycles. The molecule has 3 fully saturated rings. The summed E-state index contributed by atoms with van der Waals surface area (Å²) >= 11 is 0. The van der Waals surface area contributed by atoms with Gasteiger partial charge >= 0.3 is 26.2 Å². The predicted molar refractivity (Wildman–Crippen MR) is 95.6 cm³/mol. The number of hydrogen-bond donors (Lipinski definition) is 0. The molecule has 0 bridgehead atoms. The molecule has 3 rings (SSSR count). The maximum atomic E-state index is 3.44. The van der Waals surface area contributed by atoms with Crippen LogP contribution in [-0.2, 0) is 26.2 Å². The summed E-state index contributed by atoms with van der Waals surface area (Å²) in [5, 5.41) is 0. The first-order chi connectivity index (χ1) is 10.9. The third kappa shape index (κ3) is 12.4. The Bertz CT molecular complexity index is 259. The molecule has 0 amide bonds. The number of allylic oxidation sites excluding steroid dienone is 4. The summed E-state index contributed by atoms with van der Waals surface area (Å²) < 4.78 is 0. The van der Waals surface area contributed by atoms with Crippen molar-refractivity contribution in [1.29, 1.82) is 0 Å². The average molecular weight is 384 g/mol. The quantitative estimate of drug-likeness (QED) is 0.522. The van der Waals surface area contributed by atoms with Crippen molar-refractivity contribution in [2.45, 2.75) is 52.4 Å². The molecular weight excluding hydrogens is 355 g/mol. The largest absolute Gasteiger partial charge is 2.00 e. The van der Waals surface area contributed by atoms with E-state index in [1.165, 1.54) is 36.8 Å². The van der Waals surface area contributed by atoms with Crippen molar-refractivity contribution < 1.29 is 26.2 Å². The van der Waals surface area contributed by atoms with Crippen LogP contribution in [0.5, 0.6) is 0 Å². The van der Waals surface area contributed by atoms with Crippen LogP contribution in [0.25, 0.3) is 0 Å². The van der Waals surface area contributed by atoms with Crippen molar-refractivity contribution in [1.82, 2.24) is 0 Å². The van der Waals surface area contributed by atoms with Gasteiger partial charge in [0.05, 0.1) is 0 Å². The fraction of sp³-hybridized carbons (Fsp3) is 0.364. The summed E-state index contributed by atoms with van der Waals surface area (Å²) in [5.41, 5.74) is 2.90. The van der Waals surface area contributed by atoms with Crippen molar-refractivity contribution in [2.24, 2.45) is 0 Å². The van der Waals surface area contributed by atoms with Crippen LogP contribution in [0.1, 0.15) is 52.4 Å². The molecule has 0 spiro atoms. The van der Waals surface area contributed by atoms with Crippen LogP contribution in [0.3, 0.4) is 0 Å². The molecule has 120 valence electrons. The molecule has 3 aliphatic rings. The molecular formula is C22H28Zr. The molecule has 0 aromatic heterocycles. The van der Waals surface area contributed by atoms with E-state index >= 15 is 0 Å². The van der Waals surface area contributed by atoms with Crippen molar-refractivity contribution in [3.8, 4) is 0 Å². The monoisotopic (exact) mass is 382 g/mol. The normalized spacial score (nSPS) is 23.6. The SMILES string of the molecule is CC[C-]=C1CCCCC1=[C-]CC.[CH]1[CH][CH][CH][CH]1.[CH]1[CH][CH][CH][CH]1.[Zr+2]. The Morgan fingerprint density at radius 2 is 0.870 bits per heavy atom. The molecule has 0 atom stereocenters. The maximum Gasteiger partial charge on any atom is 2.00 e. The zero-order valence-electron chi connectivity index (χ0n) is 14.5. The molecule has 0 aromatic rings. The van der Waals surface area contributed by atoms with Gasteiger partial charge in [-0.05, 0) is 64.2 Å². The Labute approximate surface area is 165 Å². The average Bonchev–Trinajstić information content (AvgIpc) is 3.29. The second-order valence-corrected chi connectivity index (χ2v) is 5.15. The summed E-state index contributed by atoms with van der Waals surface area (Å²) in [6.07, 6.45) is 34.1. The standard InChI is InChI=1S/C12H18.2C5H5.Zr/c1-3-7-11-9-5-6-10-12(11)8-4-2;2*1-2-4-5-3-1;/h3-6,9-10H2,1-2H3;2*1-5H;/q-2;;;+2. The Morgan fingerprint density at radius 3 is 1.09 bits per heavy atom. The van der Waals surface area contributed by atoms with Gasteiger partial charge in [-0.25, -0.2) is 0 Å². The van der Waals surface area contributed by atoms with Gasteiger partial charge in [0, 0.05) is 0 Å². The minimum Gasteiger partial charge on any atom is -0.373 e. The topological polar surface area (TPSA) is 0 Å². The summed E-state index contributed by atoms with van der Waals surface area (Å²) in [5.74, 6) is 0. The van der Waals surface area contributed by atoms with Gasteiger partial charge in [-0.2, -0.15) is 0 Å². The molecule has 0 saturated heterocycles. The van der Waals surface area contributed by atoms with E-state index in [0.29, 0.717) is 0 Å². The van der Waals surface area contributed by atoms with Crippen molar-refractivity contribution in [2.75, 3.05) is 0 Å². The minimum absolute atomic E-state index is 0. The minimum atomic E-state index is 0. The zero-order valence-corrected chi connectivity index (χ0v) is 17.0. The number of rotatable bonds is 2. The Kier molecular flexibility index (Phi) is 17.5. The molecule has 0 N–H and O–H groups in total. The summed E-state index contributed by atoms with van der Waals surface area (Å²) in [7, 11) is 0. The van der Waals surface area contributed by atoms with Crippen LogP contribution < -0.4 is 0 Å². The van der Waals surface area contributed by atoms with Gasteiger partial charge in [-0.15, -0.1) is 25.7 Å². The van der Waals surface area contributed by atoms with E-state index in [1.54, 1.807) is 0 Å². The van der Waals surface area contributed by atoms with E-state index < -0.39 is 0 Å². The molecule has 0 nitrogen and oxygen atoms in total. The second-order valence-electron chi connectivity index (χ2n) is 5.15. The third-order valence-corrected chi connectivity index (χ3v) is 3.36. The summed E-state index contributed by atoms with van der Waals surface area (Å²) in [6, 6.07) is 0. The van der Waals surface area contributed by atoms with Gasteiger partial charge in [0.25, 0.3) is 0 Å². The first-order valence-electron chi connectivity index (χ1n) is 8.41. The maximum absolute atomic E-state index is 3.44. The summed E-state index contributed by atoms with van der Waals surface area (Å²) in [6.45, 7) is 4.32. The van der Waals surface area contributed by atoms with E-state index in [0.717, 1.165) is 12.8 Å². The van der Waals surface area contributed by atoms with Gasteiger partial charge in [0.1, 0.15) is 0 Å². The molecule has 0 unspecified atom stereocenters. The van der Waals surface area contributed by atoms with Crippen molar-refractivity contribution in [3.63, 3.8) is 0 Å². The van der Waals surface area contributed by atoms with Crippen LogP contribution >= 0.6 is 0 Å². The van der Waals surface area contributed by atoms with Gasteiger partial charge in [0.2, 0.25) is 0 Å². The van der Waals surface area contributed by atoms with Crippen LogP contribution in [0, 0.1) is 76.4 Å². The smallest absolute Gasteiger partial charge is 0.373 e. The molecule has 10 radical (unpaired) electrons. The molecule has 0 heterocycles. The first kappa shape index (κ1) is 23.4. The van der Waals surface area contributed by atoms with Crippen LogP contribution in [0.4, 0.5) is 0 Å². The second kappa shape index (κ2) is 17.2. The fourth-order valence-corrected chi connectivity index (χ4v) is 2.36. The molecule has 0 aliphatic heterocycles. The van der Waals surface area contributed by atoms with E-state index in [1.807, 2.05) is 64.2 Å². The first-order valence-corrected chi connectivity index (χ1v) is 8.41. The Balaban J connectivity index is 0.000000362. The van der Waals surface area contributed by atoms with Gasteiger partial charge in [-0.1, -0.05) is 26.7 Å². The Hall–Kier alpha value is 0.363. The van der Waals surface area contributed by atoms with Gasteiger partial charge < -0.3 is 23.3 Å². The van der Waals surface area contributed by atoms with E-state index in [2.05, 4.69) is 26.0 Å². The van der Waals surface area contributed by atoms with E-state index in [4.69, 9.17) is 0 Å². The van der Waals surface area contributed by atoms with Crippen LogP contribution in [0.2, 0.25) is 0 Å². The van der Waals surface area contributed by atoms with Gasteiger partial charge in [0.15, 0.2) is 0 Å². The van der Waals surface area contributed by atoms with Crippen LogP contribution in [0.15, 0.2) is 11.1 Å². The zero-order chi connectivity index (χ0) is 15.9. The Morgan fingerprint density at radius 1 is 0.609 bits per heavy atom. The molecule has 23 heavy (non-hydrogen) atoms. The fourth-order valence-electron chi connectivity index (χ4n) is 2.36. The van der Waals surface area contributed by atoms with E-state index in [-0.39, 0.29) is 26.2 Å². The third-order valence-electron chi connectivity index (χ3n) is 3.36. The molecule has 3 aliphatic carbocycles. The molecule has 1 heteroatoms. The van der Waals surface area contributed by atoms with Crippen molar-refractivity contribution >= 4 is 0 Å². The number of hydrogen-bond acceptors (Lipinski definition) is 0.